The summed E-state index contributed by atoms with van der Waals surface area (Å²) in [6, 6.07) is 5.33. The minimum absolute atomic E-state index is 0.157. The first-order valence-corrected chi connectivity index (χ1v) is 5.88. The van der Waals surface area contributed by atoms with Crippen LogP contribution in [-0.4, -0.2) is 31.1 Å². The molecule has 1 aromatic rings. The molecule has 5 nitrogen and oxygen atoms in total. The predicted octanol–water partition coefficient (Wildman–Crippen LogP) is 1.77. The Morgan fingerprint density at radius 1 is 1.38 bits per heavy atom. The fourth-order valence-electron chi connectivity index (χ4n) is 1.85. The minimum Gasteiger partial charge on any atom is -0.363 e. The monoisotopic (exact) mass is 285 g/mol. The van der Waals surface area contributed by atoms with E-state index in [-0.39, 0.29) is 10.6 Å². The second-order valence-electron chi connectivity index (χ2n) is 3.60. The number of nitrogens with zero attached hydrogens (tertiary/aromatic N) is 2. The summed E-state index contributed by atoms with van der Waals surface area (Å²) in [7, 11) is 0. The Hall–Kier alpha value is -1.14. The molecular weight excluding hydrogens is 274 g/mol. The van der Waals surface area contributed by atoms with E-state index in [1.165, 1.54) is 0 Å². The molecule has 1 saturated heterocycles. The molecule has 0 unspecified atom stereocenters. The van der Waals surface area contributed by atoms with Crippen LogP contribution >= 0.6 is 15.9 Å². The molecule has 0 saturated carbocycles. The summed E-state index contributed by atoms with van der Waals surface area (Å²) in [6.45, 7) is 3.34. The number of para-hydroxylation sites is 1. The van der Waals surface area contributed by atoms with Crippen LogP contribution in [0.1, 0.15) is 0 Å². The van der Waals surface area contributed by atoms with Gasteiger partial charge in [0, 0.05) is 26.2 Å². The Morgan fingerprint density at radius 3 is 2.69 bits per heavy atom. The lowest BCUT2D eigenvalue weighted by atomic mass is 10.2. The van der Waals surface area contributed by atoms with Gasteiger partial charge in [-0.1, -0.05) is 6.07 Å². The van der Waals surface area contributed by atoms with Gasteiger partial charge in [0.2, 0.25) is 0 Å². The number of nitro benzene ring substituents is 1. The van der Waals surface area contributed by atoms with Crippen molar-refractivity contribution in [3.05, 3.63) is 32.8 Å². The van der Waals surface area contributed by atoms with Gasteiger partial charge in [-0.25, -0.2) is 0 Å². The summed E-state index contributed by atoms with van der Waals surface area (Å²) < 4.78 is 0.536. The van der Waals surface area contributed by atoms with Crippen LogP contribution in [0.25, 0.3) is 0 Å². The lowest BCUT2D eigenvalue weighted by molar-refractivity contribution is -0.384. The van der Waals surface area contributed by atoms with Gasteiger partial charge in [-0.2, -0.15) is 0 Å². The van der Waals surface area contributed by atoms with Gasteiger partial charge in [-0.05, 0) is 28.1 Å². The largest absolute Gasteiger partial charge is 0.363 e. The Balaban J connectivity index is 2.38. The van der Waals surface area contributed by atoms with Crippen molar-refractivity contribution in [3.63, 3.8) is 0 Å². The van der Waals surface area contributed by atoms with Gasteiger partial charge >= 0.3 is 5.69 Å². The minimum atomic E-state index is -0.332. The highest BCUT2D eigenvalue weighted by Gasteiger charge is 2.23. The first kappa shape index (κ1) is 11.3. The fraction of sp³-hybridized carbons (Fsp3) is 0.400. The smallest absolute Gasteiger partial charge is 0.306 e. The van der Waals surface area contributed by atoms with Gasteiger partial charge in [-0.15, -0.1) is 0 Å². The molecule has 1 aromatic carbocycles. The second kappa shape index (κ2) is 4.80. The third-order valence-electron chi connectivity index (χ3n) is 2.61. The highest BCUT2D eigenvalue weighted by molar-refractivity contribution is 9.10. The van der Waals surface area contributed by atoms with E-state index in [1.54, 1.807) is 12.1 Å². The van der Waals surface area contributed by atoms with Crippen molar-refractivity contribution in [1.29, 1.82) is 0 Å². The number of piperazine rings is 1. The molecule has 6 heteroatoms. The van der Waals surface area contributed by atoms with Crippen molar-refractivity contribution in [3.8, 4) is 0 Å². The van der Waals surface area contributed by atoms with Crippen molar-refractivity contribution in [1.82, 2.24) is 5.32 Å². The van der Waals surface area contributed by atoms with Gasteiger partial charge in [0.15, 0.2) is 0 Å². The number of hydrogen-bond donors (Lipinski definition) is 1. The highest BCUT2D eigenvalue weighted by Crippen LogP contribution is 2.35. The molecule has 0 radical (unpaired) electrons. The summed E-state index contributed by atoms with van der Waals surface area (Å²) in [5.41, 5.74) is 0.852. The van der Waals surface area contributed by atoms with Gasteiger partial charge in [0.05, 0.1) is 9.40 Å². The summed E-state index contributed by atoms with van der Waals surface area (Å²) >= 11 is 3.23. The second-order valence-corrected chi connectivity index (χ2v) is 4.46. The van der Waals surface area contributed by atoms with E-state index in [4.69, 9.17) is 0 Å². The van der Waals surface area contributed by atoms with Crippen molar-refractivity contribution in [2.45, 2.75) is 0 Å². The molecule has 1 aliphatic heterocycles. The predicted molar refractivity (Wildman–Crippen MR) is 65.9 cm³/mol. The van der Waals surface area contributed by atoms with Crippen LogP contribution in [0.3, 0.4) is 0 Å². The first-order chi connectivity index (χ1) is 7.70. The zero-order valence-electron chi connectivity index (χ0n) is 8.65. The molecule has 2 rings (SSSR count). The fourth-order valence-corrected chi connectivity index (χ4v) is 2.35. The maximum absolute atomic E-state index is 11.0. The quantitative estimate of drug-likeness (QED) is 0.665. The third kappa shape index (κ3) is 2.17. The number of rotatable bonds is 2. The summed E-state index contributed by atoms with van der Waals surface area (Å²) in [4.78, 5) is 12.7. The molecule has 16 heavy (non-hydrogen) atoms. The summed E-state index contributed by atoms with van der Waals surface area (Å²) in [5.74, 6) is 0. The maximum Gasteiger partial charge on any atom is 0.306 e. The summed E-state index contributed by atoms with van der Waals surface area (Å²) in [5, 5.41) is 14.2. The van der Waals surface area contributed by atoms with Crippen LogP contribution in [0.15, 0.2) is 22.7 Å². The lowest BCUT2D eigenvalue weighted by Crippen LogP contribution is -2.43. The molecule has 1 fully saturated rings. The Bertz CT molecular complexity index is 405. The molecule has 1 aliphatic rings. The van der Waals surface area contributed by atoms with Crippen molar-refractivity contribution < 1.29 is 4.92 Å². The van der Waals surface area contributed by atoms with E-state index in [0.29, 0.717) is 10.2 Å². The highest BCUT2D eigenvalue weighted by atomic mass is 79.9. The van der Waals surface area contributed by atoms with Crippen LogP contribution < -0.4 is 10.2 Å². The van der Waals surface area contributed by atoms with E-state index in [1.807, 2.05) is 11.0 Å². The Kier molecular flexibility index (Phi) is 3.40. The van der Waals surface area contributed by atoms with Crippen LogP contribution in [0.5, 0.6) is 0 Å². The Morgan fingerprint density at radius 2 is 2.06 bits per heavy atom. The molecule has 0 aromatic heterocycles. The van der Waals surface area contributed by atoms with Crippen molar-refractivity contribution >= 4 is 27.3 Å². The number of benzene rings is 1. The van der Waals surface area contributed by atoms with Gasteiger partial charge in [0.1, 0.15) is 5.69 Å². The lowest BCUT2D eigenvalue weighted by Gasteiger charge is -2.29. The van der Waals surface area contributed by atoms with Gasteiger partial charge in [0.25, 0.3) is 0 Å². The molecule has 0 amide bonds. The number of halogens is 1. The number of hydrogen-bond acceptors (Lipinski definition) is 4. The maximum atomic E-state index is 11.0. The molecule has 0 bridgehead atoms. The number of nitro groups is 1. The van der Waals surface area contributed by atoms with E-state index in [2.05, 4.69) is 21.2 Å². The standard InChI is InChI=1S/C10H12BrN3O2/c11-8-2-1-3-9(10(8)14(15)16)13-6-4-12-5-7-13/h1-3,12H,4-7H2. The molecule has 0 aliphatic carbocycles. The van der Waals surface area contributed by atoms with Crippen LogP contribution in [0.2, 0.25) is 0 Å². The topological polar surface area (TPSA) is 58.4 Å². The van der Waals surface area contributed by atoms with E-state index >= 15 is 0 Å². The molecule has 1 heterocycles. The zero-order chi connectivity index (χ0) is 11.5. The van der Waals surface area contributed by atoms with Gasteiger partial charge < -0.3 is 10.2 Å². The average molecular weight is 286 g/mol. The Labute approximate surface area is 102 Å². The third-order valence-corrected chi connectivity index (χ3v) is 3.25. The van der Waals surface area contributed by atoms with E-state index < -0.39 is 0 Å². The molecular formula is C10H12BrN3O2. The van der Waals surface area contributed by atoms with Gasteiger partial charge in [-0.3, -0.25) is 10.1 Å². The molecule has 1 N–H and O–H groups in total. The normalized spacial score (nSPS) is 16.2. The van der Waals surface area contributed by atoms with E-state index in [9.17, 15) is 10.1 Å². The van der Waals surface area contributed by atoms with Crippen LogP contribution in [0.4, 0.5) is 11.4 Å². The average Bonchev–Trinajstić information content (AvgIpc) is 2.29. The van der Waals surface area contributed by atoms with Crippen molar-refractivity contribution in [2.24, 2.45) is 0 Å². The molecule has 0 spiro atoms. The van der Waals surface area contributed by atoms with Crippen LogP contribution in [-0.2, 0) is 0 Å². The summed E-state index contributed by atoms with van der Waals surface area (Å²) in [6.07, 6.45) is 0. The number of anilines is 1. The first-order valence-electron chi connectivity index (χ1n) is 5.08. The van der Waals surface area contributed by atoms with Crippen LogP contribution in [0, 0.1) is 10.1 Å². The molecule has 0 atom stereocenters. The zero-order valence-corrected chi connectivity index (χ0v) is 10.2. The molecule has 86 valence electrons. The SMILES string of the molecule is O=[N+]([O-])c1c(Br)cccc1N1CCNCC1. The van der Waals surface area contributed by atoms with E-state index in [0.717, 1.165) is 26.2 Å². The number of nitrogens with one attached hydrogen (secondary N) is 1. The van der Waals surface area contributed by atoms with Crippen molar-refractivity contribution in [2.75, 3.05) is 31.1 Å².